The Kier molecular flexibility index (Phi) is 5.77. The predicted octanol–water partition coefficient (Wildman–Crippen LogP) is 4.17. The van der Waals surface area contributed by atoms with Crippen LogP contribution >= 0.6 is 0 Å². The summed E-state index contributed by atoms with van der Waals surface area (Å²) in [7, 11) is 0. The second kappa shape index (κ2) is 9.03. The van der Waals surface area contributed by atoms with Crippen molar-refractivity contribution in [1.82, 2.24) is 5.48 Å². The van der Waals surface area contributed by atoms with Crippen molar-refractivity contribution in [2.45, 2.75) is 24.9 Å². The van der Waals surface area contributed by atoms with E-state index in [1.807, 2.05) is 48.5 Å². The molecular formula is C25H22N2O7. The molecule has 0 aliphatic heterocycles. The number of fused-ring (bicyclic) bond motifs is 3. The van der Waals surface area contributed by atoms with E-state index in [9.17, 15) is 19.5 Å². The van der Waals surface area contributed by atoms with Crippen molar-refractivity contribution in [2.75, 3.05) is 11.9 Å². The number of carboxylic acids is 1. The molecule has 9 heteroatoms. The fraction of sp³-hybridized carbons (Fsp3) is 0.240. The Morgan fingerprint density at radius 3 is 2.26 bits per heavy atom. The largest absolute Gasteiger partial charge is 0.479 e. The number of furan rings is 1. The molecular weight excluding hydrogens is 440 g/mol. The normalized spacial score (nSPS) is 15.2. The Labute approximate surface area is 194 Å². The number of hydrogen-bond acceptors (Lipinski definition) is 6. The maximum atomic E-state index is 12.5. The summed E-state index contributed by atoms with van der Waals surface area (Å²) < 4.78 is 10.6. The van der Waals surface area contributed by atoms with Crippen LogP contribution in [0.4, 0.5) is 10.5 Å². The summed E-state index contributed by atoms with van der Waals surface area (Å²) in [6, 6.07) is 17.4. The summed E-state index contributed by atoms with van der Waals surface area (Å²) >= 11 is 0. The first-order valence-corrected chi connectivity index (χ1v) is 10.9. The molecule has 0 bridgehead atoms. The molecule has 9 nitrogen and oxygen atoms in total. The van der Waals surface area contributed by atoms with Crippen molar-refractivity contribution in [1.29, 1.82) is 0 Å². The van der Waals surface area contributed by atoms with E-state index in [1.54, 1.807) is 0 Å². The van der Waals surface area contributed by atoms with Crippen LogP contribution in [0.5, 0.6) is 0 Å². The highest BCUT2D eigenvalue weighted by Crippen LogP contribution is 2.44. The first-order valence-electron chi connectivity index (χ1n) is 10.9. The molecule has 0 spiro atoms. The van der Waals surface area contributed by atoms with Gasteiger partial charge >= 0.3 is 18.0 Å². The van der Waals surface area contributed by atoms with E-state index >= 15 is 0 Å². The maximum Gasteiger partial charge on any atom is 0.411 e. The third-order valence-corrected chi connectivity index (χ3v) is 6.02. The number of rotatable bonds is 8. The molecule has 1 atom stereocenters. The first kappa shape index (κ1) is 21.7. The number of carbonyl (C=O) groups excluding carboxylic acids is 2. The van der Waals surface area contributed by atoms with Crippen molar-refractivity contribution >= 4 is 23.7 Å². The molecule has 2 amide bonds. The topological polar surface area (TPSA) is 127 Å². The molecule has 34 heavy (non-hydrogen) atoms. The lowest BCUT2D eigenvalue weighted by molar-refractivity contribution is -0.155. The van der Waals surface area contributed by atoms with Gasteiger partial charge in [-0.25, -0.2) is 15.1 Å². The molecule has 2 aliphatic carbocycles. The number of benzene rings is 2. The number of nitrogens with one attached hydrogen (secondary N) is 2. The Morgan fingerprint density at radius 2 is 1.65 bits per heavy atom. The molecule has 1 saturated carbocycles. The zero-order valence-electron chi connectivity index (χ0n) is 18.0. The second-order valence-electron chi connectivity index (χ2n) is 8.26. The van der Waals surface area contributed by atoms with E-state index in [1.165, 1.54) is 12.3 Å². The lowest BCUT2D eigenvalue weighted by Crippen LogP contribution is -2.36. The smallest absolute Gasteiger partial charge is 0.411 e. The van der Waals surface area contributed by atoms with E-state index in [4.69, 9.17) is 14.0 Å². The van der Waals surface area contributed by atoms with Crippen LogP contribution in [0, 0.1) is 5.92 Å². The molecule has 3 N–H and O–H groups in total. The van der Waals surface area contributed by atoms with Crippen LogP contribution in [0.3, 0.4) is 0 Å². The SMILES string of the molecule is O=C(Nc1ccoc1C(=O)NOC(C(=O)O)C1CC1)OCC1c2ccccc2-c2ccccc21. The van der Waals surface area contributed by atoms with Gasteiger partial charge in [-0.2, -0.15) is 0 Å². The van der Waals surface area contributed by atoms with Gasteiger partial charge in [-0.3, -0.25) is 14.9 Å². The van der Waals surface area contributed by atoms with E-state index in [-0.39, 0.29) is 29.9 Å². The highest BCUT2D eigenvalue weighted by molar-refractivity contribution is 5.99. The van der Waals surface area contributed by atoms with Crippen LogP contribution in [-0.2, 0) is 14.4 Å². The Hall–Kier alpha value is -4.11. The molecule has 2 aromatic carbocycles. The van der Waals surface area contributed by atoms with Crippen LogP contribution in [0.1, 0.15) is 40.4 Å². The minimum Gasteiger partial charge on any atom is -0.479 e. The molecule has 3 aromatic rings. The van der Waals surface area contributed by atoms with Gasteiger partial charge < -0.3 is 14.3 Å². The van der Waals surface area contributed by atoms with Gasteiger partial charge in [0.1, 0.15) is 6.61 Å². The molecule has 0 radical (unpaired) electrons. The number of amides is 2. The number of carbonyl (C=O) groups is 3. The zero-order chi connectivity index (χ0) is 23.7. The van der Waals surface area contributed by atoms with Gasteiger partial charge in [0.15, 0.2) is 6.10 Å². The third-order valence-electron chi connectivity index (χ3n) is 6.02. The average molecular weight is 462 g/mol. The summed E-state index contributed by atoms with van der Waals surface area (Å²) in [4.78, 5) is 41.2. The van der Waals surface area contributed by atoms with E-state index < -0.39 is 24.1 Å². The zero-order valence-corrected chi connectivity index (χ0v) is 18.0. The van der Waals surface area contributed by atoms with Gasteiger partial charge in [-0.1, -0.05) is 48.5 Å². The van der Waals surface area contributed by atoms with Crippen LogP contribution < -0.4 is 10.8 Å². The van der Waals surface area contributed by atoms with Crippen molar-refractivity contribution in [3.8, 4) is 11.1 Å². The predicted molar refractivity (Wildman–Crippen MR) is 120 cm³/mol. The third kappa shape index (κ3) is 4.25. The molecule has 1 aromatic heterocycles. The monoisotopic (exact) mass is 462 g/mol. The summed E-state index contributed by atoms with van der Waals surface area (Å²) in [5, 5.41) is 11.7. The average Bonchev–Trinajstić information content (AvgIpc) is 3.47. The number of ether oxygens (including phenoxy) is 1. The molecule has 0 saturated heterocycles. The van der Waals surface area contributed by atoms with Gasteiger partial charge in [0.2, 0.25) is 5.76 Å². The van der Waals surface area contributed by atoms with Crippen LogP contribution in [-0.4, -0.2) is 35.8 Å². The summed E-state index contributed by atoms with van der Waals surface area (Å²) in [6.45, 7) is 0.115. The van der Waals surface area contributed by atoms with Crippen LogP contribution in [0.15, 0.2) is 65.3 Å². The fourth-order valence-electron chi connectivity index (χ4n) is 4.24. The highest BCUT2D eigenvalue weighted by Gasteiger charge is 2.38. The summed E-state index contributed by atoms with van der Waals surface area (Å²) in [5.74, 6) is -2.43. The summed E-state index contributed by atoms with van der Waals surface area (Å²) in [6.07, 6.45) is 0.797. The van der Waals surface area contributed by atoms with Gasteiger partial charge in [-0.15, -0.1) is 0 Å². The first-order chi connectivity index (χ1) is 16.5. The Morgan fingerprint density at radius 1 is 1.00 bits per heavy atom. The van der Waals surface area contributed by atoms with Gasteiger partial charge in [0, 0.05) is 12.0 Å². The number of hydrogen-bond donors (Lipinski definition) is 3. The fourth-order valence-corrected chi connectivity index (χ4v) is 4.24. The van der Waals surface area contributed by atoms with Crippen molar-refractivity contribution < 1.29 is 33.5 Å². The van der Waals surface area contributed by atoms with Crippen LogP contribution in [0.2, 0.25) is 0 Å². The van der Waals surface area contributed by atoms with E-state index in [2.05, 4.69) is 10.8 Å². The standard InChI is InChI=1S/C25H22N2O7/c28-23(27-34-21(24(29)30)14-9-10-14)22-20(11-12-32-22)26-25(31)33-13-19-17-7-3-1-5-15(17)16-6-2-4-8-18(16)19/h1-8,11-12,14,19,21H,9-10,13H2,(H,26,31)(H,27,28)(H,29,30). The van der Waals surface area contributed by atoms with E-state index in [0.29, 0.717) is 0 Å². The summed E-state index contributed by atoms with van der Waals surface area (Å²) in [5.41, 5.74) is 6.58. The second-order valence-corrected chi connectivity index (χ2v) is 8.26. The lowest BCUT2D eigenvalue weighted by Gasteiger charge is -2.15. The number of carboxylic acid groups (broad SMARTS) is 1. The Bertz CT molecular complexity index is 1200. The maximum absolute atomic E-state index is 12.5. The number of hydroxylamine groups is 1. The molecule has 1 heterocycles. The molecule has 174 valence electrons. The number of anilines is 1. The minimum absolute atomic E-state index is 0.0802. The quantitative estimate of drug-likeness (QED) is 0.429. The van der Waals surface area contributed by atoms with E-state index in [0.717, 1.165) is 35.1 Å². The molecule has 1 fully saturated rings. The Balaban J connectivity index is 1.21. The van der Waals surface area contributed by atoms with Gasteiger partial charge in [0.05, 0.1) is 12.0 Å². The number of aliphatic carboxylic acids is 1. The molecule has 5 rings (SSSR count). The van der Waals surface area contributed by atoms with Gasteiger partial charge in [-0.05, 0) is 41.0 Å². The van der Waals surface area contributed by atoms with Gasteiger partial charge in [0.25, 0.3) is 0 Å². The molecule has 1 unspecified atom stereocenters. The van der Waals surface area contributed by atoms with Crippen LogP contribution in [0.25, 0.3) is 11.1 Å². The van der Waals surface area contributed by atoms with Crippen molar-refractivity contribution in [2.24, 2.45) is 5.92 Å². The highest BCUT2D eigenvalue weighted by atomic mass is 16.7. The molecule has 2 aliphatic rings. The lowest BCUT2D eigenvalue weighted by atomic mass is 9.98. The van der Waals surface area contributed by atoms with Crippen molar-refractivity contribution in [3.05, 3.63) is 77.7 Å². The van der Waals surface area contributed by atoms with Crippen molar-refractivity contribution in [3.63, 3.8) is 0 Å². The minimum atomic E-state index is -1.15.